The molecule has 0 aliphatic heterocycles. The summed E-state index contributed by atoms with van der Waals surface area (Å²) in [5.74, 6) is 0. The third kappa shape index (κ3) is 3.62. The summed E-state index contributed by atoms with van der Waals surface area (Å²) in [7, 11) is 0. The first-order valence-electron chi connectivity index (χ1n) is 7.10. The van der Waals surface area contributed by atoms with E-state index in [2.05, 4.69) is 38.1 Å². The highest BCUT2D eigenvalue weighted by Crippen LogP contribution is 2.34. The van der Waals surface area contributed by atoms with Gasteiger partial charge in [-0.2, -0.15) is 0 Å². The second kappa shape index (κ2) is 7.63. The van der Waals surface area contributed by atoms with Gasteiger partial charge in [0, 0.05) is 0 Å². The molecule has 0 heterocycles. The van der Waals surface area contributed by atoms with Crippen LogP contribution in [-0.2, 0) is 6.42 Å². The zero-order valence-electron chi connectivity index (χ0n) is 11.7. The summed E-state index contributed by atoms with van der Waals surface area (Å²) in [4.78, 5) is 0. The van der Waals surface area contributed by atoms with Crippen LogP contribution in [0, 0.1) is 0 Å². The molecule has 18 heavy (non-hydrogen) atoms. The molecule has 0 bridgehead atoms. The minimum absolute atomic E-state index is 0. The molecule has 1 heteroatoms. The number of aryl methyl sites for hydroxylation is 1. The van der Waals surface area contributed by atoms with Gasteiger partial charge >= 0.3 is 0 Å². The Morgan fingerprint density at radius 1 is 1.00 bits per heavy atom. The molecule has 0 saturated carbocycles. The minimum Gasteiger partial charge on any atom is -0.147 e. The lowest BCUT2D eigenvalue weighted by Gasteiger charge is -2.21. The zero-order chi connectivity index (χ0) is 12.1. The molecule has 0 fully saturated rings. The van der Waals surface area contributed by atoms with Gasteiger partial charge in [-0.05, 0) is 49.3 Å². The van der Waals surface area contributed by atoms with Gasteiger partial charge in [-0.25, -0.2) is 0 Å². The Morgan fingerprint density at radius 2 is 1.78 bits per heavy atom. The summed E-state index contributed by atoms with van der Waals surface area (Å²) < 4.78 is 0. The number of rotatable bonds is 5. The third-order valence-electron chi connectivity index (χ3n) is 3.91. The molecule has 0 unspecified atom stereocenters. The molecule has 0 N–H and O–H groups in total. The van der Waals surface area contributed by atoms with E-state index >= 15 is 0 Å². The summed E-state index contributed by atoms with van der Waals surface area (Å²) in [6.45, 7) is 4.60. The molecular formula is C17H25Cl. The molecule has 1 aliphatic carbocycles. The lowest BCUT2D eigenvalue weighted by Crippen LogP contribution is -2.03. The van der Waals surface area contributed by atoms with Crippen molar-refractivity contribution in [2.24, 2.45) is 0 Å². The summed E-state index contributed by atoms with van der Waals surface area (Å²) in [6, 6.07) is 8.97. The third-order valence-corrected chi connectivity index (χ3v) is 3.91. The Hall–Kier alpha value is -0.750. The summed E-state index contributed by atoms with van der Waals surface area (Å²) in [6.07, 6.45) is 9.23. The van der Waals surface area contributed by atoms with E-state index in [1.165, 1.54) is 50.5 Å². The zero-order valence-corrected chi connectivity index (χ0v) is 12.5. The highest BCUT2D eigenvalue weighted by Gasteiger charge is 2.15. The van der Waals surface area contributed by atoms with E-state index in [-0.39, 0.29) is 12.4 Å². The van der Waals surface area contributed by atoms with Crippen molar-refractivity contribution < 1.29 is 0 Å². The van der Waals surface area contributed by atoms with Gasteiger partial charge in [0.15, 0.2) is 0 Å². The van der Waals surface area contributed by atoms with E-state index in [1.807, 2.05) is 0 Å². The van der Waals surface area contributed by atoms with Crippen LogP contribution in [0.25, 0.3) is 5.57 Å². The highest BCUT2D eigenvalue weighted by molar-refractivity contribution is 5.85. The van der Waals surface area contributed by atoms with Gasteiger partial charge < -0.3 is 0 Å². The van der Waals surface area contributed by atoms with E-state index in [9.17, 15) is 0 Å². The standard InChI is InChI=1S/C17H24.ClH/c1-3-4-5-6-10-16-14(2)12-13-15-9-7-8-11-17(15)16;/h7-9,11H,3-6,10,12-13H2,1-2H3;1H. The number of fused-ring (bicyclic) bond motifs is 1. The second-order valence-corrected chi connectivity index (χ2v) is 5.23. The number of allylic oxidation sites excluding steroid dienone is 2. The normalized spacial score (nSPS) is 14.1. The molecular weight excluding hydrogens is 240 g/mol. The minimum atomic E-state index is 0. The van der Waals surface area contributed by atoms with Crippen molar-refractivity contribution in [3.63, 3.8) is 0 Å². The van der Waals surface area contributed by atoms with E-state index in [0.717, 1.165) is 0 Å². The second-order valence-electron chi connectivity index (χ2n) is 5.23. The van der Waals surface area contributed by atoms with Crippen molar-refractivity contribution in [3.05, 3.63) is 41.0 Å². The quantitative estimate of drug-likeness (QED) is 0.590. The number of hydrogen-bond acceptors (Lipinski definition) is 0. The van der Waals surface area contributed by atoms with Gasteiger partial charge in [0.2, 0.25) is 0 Å². The topological polar surface area (TPSA) is 0 Å². The van der Waals surface area contributed by atoms with Crippen LogP contribution in [0.3, 0.4) is 0 Å². The fraction of sp³-hybridized carbons (Fsp3) is 0.529. The molecule has 1 aromatic rings. The molecule has 0 saturated heterocycles. The molecule has 1 aliphatic rings. The Balaban J connectivity index is 0.00000162. The molecule has 100 valence electrons. The van der Waals surface area contributed by atoms with Gasteiger partial charge in [-0.15, -0.1) is 12.4 Å². The first-order chi connectivity index (χ1) is 8.33. The Labute approximate surface area is 118 Å². The van der Waals surface area contributed by atoms with Crippen LogP contribution in [0.15, 0.2) is 29.8 Å². The van der Waals surface area contributed by atoms with Crippen LogP contribution in [-0.4, -0.2) is 0 Å². The van der Waals surface area contributed by atoms with Crippen molar-refractivity contribution in [3.8, 4) is 0 Å². The maximum Gasteiger partial charge on any atom is -0.0193 e. The monoisotopic (exact) mass is 264 g/mol. The van der Waals surface area contributed by atoms with Crippen molar-refractivity contribution in [1.82, 2.24) is 0 Å². The maximum atomic E-state index is 2.32. The smallest absolute Gasteiger partial charge is 0.0193 e. The summed E-state index contributed by atoms with van der Waals surface area (Å²) >= 11 is 0. The predicted octanol–water partition coefficient (Wildman–Crippen LogP) is 5.80. The lowest BCUT2D eigenvalue weighted by molar-refractivity contribution is 0.675. The van der Waals surface area contributed by atoms with E-state index in [0.29, 0.717) is 0 Å². The lowest BCUT2D eigenvalue weighted by atomic mass is 9.84. The Kier molecular flexibility index (Phi) is 6.49. The number of hydrogen-bond donors (Lipinski definition) is 0. The molecule has 0 nitrogen and oxygen atoms in total. The van der Waals surface area contributed by atoms with Gasteiger partial charge in [0.05, 0.1) is 0 Å². The van der Waals surface area contributed by atoms with Gasteiger partial charge in [0.25, 0.3) is 0 Å². The Morgan fingerprint density at radius 3 is 2.56 bits per heavy atom. The number of unbranched alkanes of at least 4 members (excludes halogenated alkanes) is 3. The average molecular weight is 265 g/mol. The molecule has 0 aromatic heterocycles. The van der Waals surface area contributed by atoms with Gasteiger partial charge in [0.1, 0.15) is 0 Å². The van der Waals surface area contributed by atoms with Crippen LogP contribution < -0.4 is 0 Å². The van der Waals surface area contributed by atoms with Crippen molar-refractivity contribution in [2.45, 2.75) is 58.8 Å². The predicted molar refractivity (Wildman–Crippen MR) is 83.4 cm³/mol. The number of halogens is 1. The van der Waals surface area contributed by atoms with Crippen LogP contribution >= 0.6 is 12.4 Å². The van der Waals surface area contributed by atoms with Crippen LogP contribution in [0.4, 0.5) is 0 Å². The largest absolute Gasteiger partial charge is 0.147 e. The highest BCUT2D eigenvalue weighted by atomic mass is 35.5. The van der Waals surface area contributed by atoms with Crippen LogP contribution in [0.1, 0.15) is 63.5 Å². The SMILES string of the molecule is CCCCCCC1=C(C)CCc2ccccc21.Cl. The van der Waals surface area contributed by atoms with E-state index in [1.54, 1.807) is 16.7 Å². The average Bonchev–Trinajstić information content (AvgIpc) is 2.37. The Bertz CT molecular complexity index is 404. The first kappa shape index (κ1) is 15.3. The van der Waals surface area contributed by atoms with Crippen molar-refractivity contribution in [1.29, 1.82) is 0 Å². The fourth-order valence-corrected chi connectivity index (χ4v) is 2.81. The van der Waals surface area contributed by atoms with Crippen molar-refractivity contribution >= 4 is 18.0 Å². The molecule has 0 amide bonds. The van der Waals surface area contributed by atoms with Crippen molar-refractivity contribution in [2.75, 3.05) is 0 Å². The van der Waals surface area contributed by atoms with Gasteiger partial charge in [-0.3, -0.25) is 0 Å². The molecule has 0 atom stereocenters. The van der Waals surface area contributed by atoms with Gasteiger partial charge in [-0.1, -0.05) is 56.0 Å². The molecule has 2 rings (SSSR count). The van der Waals surface area contributed by atoms with Crippen LogP contribution in [0.5, 0.6) is 0 Å². The summed E-state index contributed by atoms with van der Waals surface area (Å²) in [5, 5.41) is 0. The summed E-state index contributed by atoms with van der Waals surface area (Å²) in [5.41, 5.74) is 6.36. The first-order valence-corrected chi connectivity index (χ1v) is 7.10. The molecule has 0 spiro atoms. The van der Waals surface area contributed by atoms with E-state index < -0.39 is 0 Å². The maximum absolute atomic E-state index is 2.32. The molecule has 1 aromatic carbocycles. The molecule has 0 radical (unpaired) electrons. The number of benzene rings is 1. The fourth-order valence-electron chi connectivity index (χ4n) is 2.81. The van der Waals surface area contributed by atoms with E-state index in [4.69, 9.17) is 0 Å². The van der Waals surface area contributed by atoms with Crippen LogP contribution in [0.2, 0.25) is 0 Å².